The number of hydrogen-bond donors (Lipinski definition) is 2. The zero-order valence-electron chi connectivity index (χ0n) is 18.0. The minimum atomic E-state index is -0.597. The van der Waals surface area contributed by atoms with Gasteiger partial charge in [0.05, 0.1) is 0 Å². The van der Waals surface area contributed by atoms with Crippen LogP contribution in [0.2, 0.25) is 0 Å². The van der Waals surface area contributed by atoms with Gasteiger partial charge < -0.3 is 15.4 Å². The van der Waals surface area contributed by atoms with E-state index >= 15 is 0 Å². The lowest BCUT2D eigenvalue weighted by Gasteiger charge is -2.22. The first-order chi connectivity index (χ1) is 13.7. The minimum absolute atomic E-state index is 0.135. The van der Waals surface area contributed by atoms with Gasteiger partial charge in [0.1, 0.15) is 17.4 Å². The van der Waals surface area contributed by atoms with Crippen LogP contribution in [0.5, 0.6) is 5.75 Å². The molecule has 2 unspecified atom stereocenters. The van der Waals surface area contributed by atoms with Crippen LogP contribution in [0.1, 0.15) is 38.8 Å². The van der Waals surface area contributed by atoms with E-state index in [0.717, 1.165) is 16.9 Å². The summed E-state index contributed by atoms with van der Waals surface area (Å²) in [6, 6.07) is 16.9. The lowest BCUT2D eigenvalue weighted by Crippen LogP contribution is -2.48. The molecule has 0 heterocycles. The zero-order valence-corrected chi connectivity index (χ0v) is 18.0. The monoisotopic (exact) mass is 396 g/mol. The van der Waals surface area contributed by atoms with Crippen molar-refractivity contribution in [2.75, 3.05) is 7.05 Å². The molecular formula is C24H32N2O3. The Balaban J connectivity index is 1.97. The predicted molar refractivity (Wildman–Crippen MR) is 116 cm³/mol. The third-order valence-corrected chi connectivity index (χ3v) is 4.50. The largest absolute Gasteiger partial charge is 0.488 e. The molecule has 0 aliphatic carbocycles. The molecule has 0 aromatic heterocycles. The second-order valence-electron chi connectivity index (χ2n) is 8.33. The third-order valence-electron chi connectivity index (χ3n) is 4.50. The lowest BCUT2D eigenvalue weighted by molar-refractivity contribution is -0.130. The number of rotatable bonds is 8. The van der Waals surface area contributed by atoms with Crippen LogP contribution in [0.25, 0.3) is 0 Å². The molecule has 0 spiro atoms. The molecule has 0 radical (unpaired) electrons. The quantitative estimate of drug-likeness (QED) is 0.717. The number of carbonyl (C=O) groups is 2. The van der Waals surface area contributed by atoms with Gasteiger partial charge in [0.2, 0.25) is 11.8 Å². The average Bonchev–Trinajstić information content (AvgIpc) is 2.68. The van der Waals surface area contributed by atoms with Crippen LogP contribution in [0.15, 0.2) is 54.6 Å². The fourth-order valence-corrected chi connectivity index (χ4v) is 3.04. The maximum atomic E-state index is 12.7. The van der Waals surface area contributed by atoms with E-state index in [1.807, 2.05) is 82.3 Å². The Morgan fingerprint density at radius 3 is 2.03 bits per heavy atom. The molecule has 2 rings (SSSR count). The highest BCUT2D eigenvalue weighted by Crippen LogP contribution is 2.20. The summed E-state index contributed by atoms with van der Waals surface area (Å²) in [4.78, 5) is 25.0. The van der Waals surface area contributed by atoms with E-state index in [1.165, 1.54) is 0 Å². The fourth-order valence-electron chi connectivity index (χ4n) is 3.04. The Hall–Kier alpha value is -2.82. The molecular weight excluding hydrogens is 364 g/mol. The van der Waals surface area contributed by atoms with E-state index in [0.29, 0.717) is 12.8 Å². The summed E-state index contributed by atoms with van der Waals surface area (Å²) in [5.41, 5.74) is 1.81. The van der Waals surface area contributed by atoms with Gasteiger partial charge in [0, 0.05) is 19.4 Å². The number of likely N-dealkylation sites (N-methyl/N-ethyl adjacent to an activating group) is 1. The summed E-state index contributed by atoms with van der Waals surface area (Å²) in [5.74, 6) is 0.218. The number of carbonyl (C=O) groups excluding carboxylic acids is 2. The van der Waals surface area contributed by atoms with Gasteiger partial charge in [-0.15, -0.1) is 0 Å². The van der Waals surface area contributed by atoms with E-state index < -0.39 is 6.04 Å². The van der Waals surface area contributed by atoms with Crippen LogP contribution in [-0.4, -0.2) is 30.5 Å². The number of nitrogens with one attached hydrogen (secondary N) is 2. The number of hydrogen-bond acceptors (Lipinski definition) is 3. The lowest BCUT2D eigenvalue weighted by atomic mass is 9.98. The van der Waals surface area contributed by atoms with Crippen molar-refractivity contribution in [3.63, 3.8) is 0 Å². The van der Waals surface area contributed by atoms with Gasteiger partial charge in [-0.2, -0.15) is 0 Å². The van der Waals surface area contributed by atoms with Gasteiger partial charge in [-0.05, 0) is 50.5 Å². The van der Waals surface area contributed by atoms with E-state index in [1.54, 1.807) is 7.05 Å². The molecule has 0 aliphatic heterocycles. The maximum absolute atomic E-state index is 12.7. The molecule has 0 saturated heterocycles. The SMILES string of the molecule is CNC(=O)C(Cc1ccccc1)NC(=O)C(C)Cc1ccc(OC(C)(C)C)cc1. The molecule has 0 fully saturated rings. The van der Waals surface area contributed by atoms with Crippen LogP contribution in [0, 0.1) is 5.92 Å². The second-order valence-corrected chi connectivity index (χ2v) is 8.33. The summed E-state index contributed by atoms with van der Waals surface area (Å²) in [5, 5.41) is 5.54. The van der Waals surface area contributed by atoms with Gasteiger partial charge in [0.15, 0.2) is 0 Å². The van der Waals surface area contributed by atoms with Crippen LogP contribution >= 0.6 is 0 Å². The smallest absolute Gasteiger partial charge is 0.242 e. The van der Waals surface area contributed by atoms with Crippen molar-refractivity contribution < 1.29 is 14.3 Å². The maximum Gasteiger partial charge on any atom is 0.242 e. The van der Waals surface area contributed by atoms with Crippen molar-refractivity contribution in [1.82, 2.24) is 10.6 Å². The number of ether oxygens (including phenoxy) is 1. The summed E-state index contributed by atoms with van der Waals surface area (Å²) < 4.78 is 5.83. The Labute approximate surface area is 173 Å². The molecule has 0 saturated carbocycles. The Bertz CT molecular complexity index is 795. The van der Waals surface area contributed by atoms with Crippen molar-refractivity contribution in [1.29, 1.82) is 0 Å². The van der Waals surface area contributed by atoms with E-state index in [4.69, 9.17) is 4.74 Å². The molecule has 0 aliphatic rings. The standard InChI is InChI=1S/C24H32N2O3/c1-17(15-19-11-13-20(14-12-19)29-24(2,3)4)22(27)26-21(23(28)25-5)16-18-9-7-6-8-10-18/h6-14,17,21H,15-16H2,1-5H3,(H,25,28)(H,26,27). The van der Waals surface area contributed by atoms with Crippen LogP contribution in [0.3, 0.4) is 0 Å². The zero-order chi connectivity index (χ0) is 21.4. The predicted octanol–water partition coefficient (Wildman–Crippen LogP) is 3.52. The summed E-state index contributed by atoms with van der Waals surface area (Å²) in [7, 11) is 1.58. The van der Waals surface area contributed by atoms with Gasteiger partial charge in [-0.25, -0.2) is 0 Å². The first kappa shape index (κ1) is 22.5. The average molecular weight is 397 g/mol. The molecule has 156 valence electrons. The van der Waals surface area contributed by atoms with Crippen molar-refractivity contribution >= 4 is 11.8 Å². The molecule has 2 aromatic carbocycles. The molecule has 2 aromatic rings. The summed E-state index contributed by atoms with van der Waals surface area (Å²) >= 11 is 0. The summed E-state index contributed by atoms with van der Waals surface area (Å²) in [6.45, 7) is 7.89. The van der Waals surface area contributed by atoms with Crippen LogP contribution < -0.4 is 15.4 Å². The first-order valence-electron chi connectivity index (χ1n) is 10.0. The van der Waals surface area contributed by atoms with E-state index in [9.17, 15) is 9.59 Å². The highest BCUT2D eigenvalue weighted by molar-refractivity contribution is 5.88. The topological polar surface area (TPSA) is 67.4 Å². The Morgan fingerprint density at radius 1 is 0.897 bits per heavy atom. The van der Waals surface area contributed by atoms with E-state index in [-0.39, 0.29) is 23.3 Å². The van der Waals surface area contributed by atoms with Crippen molar-refractivity contribution in [3.05, 3.63) is 65.7 Å². The molecule has 5 nitrogen and oxygen atoms in total. The van der Waals surface area contributed by atoms with Gasteiger partial charge in [-0.3, -0.25) is 9.59 Å². The van der Waals surface area contributed by atoms with Gasteiger partial charge in [0.25, 0.3) is 0 Å². The minimum Gasteiger partial charge on any atom is -0.488 e. The summed E-state index contributed by atoms with van der Waals surface area (Å²) in [6.07, 6.45) is 1.05. The highest BCUT2D eigenvalue weighted by atomic mass is 16.5. The van der Waals surface area contributed by atoms with Crippen molar-refractivity contribution in [2.24, 2.45) is 5.92 Å². The number of amides is 2. The second kappa shape index (κ2) is 10.1. The Morgan fingerprint density at radius 2 is 1.48 bits per heavy atom. The van der Waals surface area contributed by atoms with Crippen LogP contribution in [0.4, 0.5) is 0 Å². The third kappa shape index (κ3) is 7.60. The van der Waals surface area contributed by atoms with Crippen molar-refractivity contribution in [3.8, 4) is 5.75 Å². The Kier molecular flexibility index (Phi) is 7.82. The van der Waals surface area contributed by atoms with Crippen LogP contribution in [-0.2, 0) is 22.4 Å². The van der Waals surface area contributed by atoms with Gasteiger partial charge in [-0.1, -0.05) is 49.4 Å². The molecule has 2 N–H and O–H groups in total. The van der Waals surface area contributed by atoms with Gasteiger partial charge >= 0.3 is 0 Å². The molecule has 0 bridgehead atoms. The molecule has 2 amide bonds. The van der Waals surface area contributed by atoms with E-state index in [2.05, 4.69) is 10.6 Å². The molecule has 5 heteroatoms. The normalized spacial score (nSPS) is 13.3. The molecule has 2 atom stereocenters. The first-order valence-corrected chi connectivity index (χ1v) is 10.0. The number of benzene rings is 2. The van der Waals surface area contributed by atoms with Crippen molar-refractivity contribution in [2.45, 2.75) is 52.2 Å². The molecule has 29 heavy (non-hydrogen) atoms. The highest BCUT2D eigenvalue weighted by Gasteiger charge is 2.23. The fraction of sp³-hybridized carbons (Fsp3) is 0.417.